The molecule has 3 aromatic rings. The minimum atomic E-state index is -0.154. The lowest BCUT2D eigenvalue weighted by molar-refractivity contribution is -0.113. The van der Waals surface area contributed by atoms with Crippen molar-refractivity contribution in [2.45, 2.75) is 5.03 Å². The minimum Gasteiger partial charge on any atom is -0.497 e. The van der Waals surface area contributed by atoms with E-state index in [1.54, 1.807) is 32.4 Å². The fourth-order valence-electron chi connectivity index (χ4n) is 2.39. The molecule has 8 heteroatoms. The lowest BCUT2D eigenvalue weighted by Crippen LogP contribution is -2.14. The number of thioether (sulfide) groups is 1. The summed E-state index contributed by atoms with van der Waals surface area (Å²) in [5, 5.41) is 11.9. The fraction of sp³-hybridized carbons (Fsp3) is 0.150. The molecule has 28 heavy (non-hydrogen) atoms. The van der Waals surface area contributed by atoms with Crippen molar-refractivity contribution in [1.29, 1.82) is 0 Å². The highest BCUT2D eigenvalue weighted by Gasteiger charge is 2.08. The van der Waals surface area contributed by atoms with Crippen LogP contribution in [0.3, 0.4) is 0 Å². The van der Waals surface area contributed by atoms with Crippen LogP contribution in [0.1, 0.15) is 0 Å². The van der Waals surface area contributed by atoms with Crippen LogP contribution in [0.4, 0.5) is 5.69 Å². The topological polar surface area (TPSA) is 73.3 Å². The highest BCUT2D eigenvalue weighted by Crippen LogP contribution is 2.26. The van der Waals surface area contributed by atoms with Crippen LogP contribution in [0.25, 0.3) is 11.3 Å². The zero-order valence-corrected chi connectivity index (χ0v) is 17.7. The first-order valence-electron chi connectivity index (χ1n) is 8.33. The van der Waals surface area contributed by atoms with Crippen molar-refractivity contribution in [1.82, 2.24) is 10.2 Å². The van der Waals surface area contributed by atoms with Gasteiger partial charge in [-0.05, 0) is 24.3 Å². The summed E-state index contributed by atoms with van der Waals surface area (Å²) < 4.78 is 11.4. The van der Waals surface area contributed by atoms with Crippen LogP contribution in [0, 0.1) is 0 Å². The van der Waals surface area contributed by atoms with Crippen molar-refractivity contribution in [2.75, 3.05) is 25.3 Å². The van der Waals surface area contributed by atoms with Crippen molar-refractivity contribution in [3.8, 4) is 22.8 Å². The van der Waals surface area contributed by atoms with Gasteiger partial charge in [0, 0.05) is 33.9 Å². The molecule has 0 saturated heterocycles. The average molecular weight is 460 g/mol. The Morgan fingerprint density at radius 2 is 1.68 bits per heavy atom. The van der Waals surface area contributed by atoms with E-state index in [-0.39, 0.29) is 11.7 Å². The number of halogens is 1. The van der Waals surface area contributed by atoms with Gasteiger partial charge >= 0.3 is 0 Å². The van der Waals surface area contributed by atoms with E-state index < -0.39 is 0 Å². The maximum Gasteiger partial charge on any atom is 0.234 e. The SMILES string of the molecule is COc1cc(NC(=O)CSc2ccc(-c3ccc(Br)cc3)nn2)cc(OC)c1. The van der Waals surface area contributed by atoms with Crippen LogP contribution >= 0.6 is 27.7 Å². The number of benzene rings is 2. The summed E-state index contributed by atoms with van der Waals surface area (Å²) in [6.07, 6.45) is 0. The molecule has 1 amide bonds. The molecule has 0 unspecified atom stereocenters. The smallest absolute Gasteiger partial charge is 0.234 e. The standard InChI is InChI=1S/C20H18BrN3O3S/c1-26-16-9-15(10-17(11-16)27-2)22-19(25)12-28-20-8-7-18(23-24-20)13-3-5-14(21)6-4-13/h3-11H,12H2,1-2H3,(H,22,25). The van der Waals surface area contributed by atoms with E-state index >= 15 is 0 Å². The molecule has 1 aromatic heterocycles. The van der Waals surface area contributed by atoms with E-state index in [0.29, 0.717) is 22.2 Å². The molecule has 0 bridgehead atoms. The highest BCUT2D eigenvalue weighted by molar-refractivity contribution is 9.10. The van der Waals surface area contributed by atoms with Crippen molar-refractivity contribution >= 4 is 39.3 Å². The first-order valence-corrected chi connectivity index (χ1v) is 10.1. The number of aromatic nitrogens is 2. The molecular formula is C20H18BrN3O3S. The molecule has 1 heterocycles. The molecule has 0 radical (unpaired) electrons. The Bertz CT molecular complexity index is 928. The summed E-state index contributed by atoms with van der Waals surface area (Å²) in [6.45, 7) is 0. The van der Waals surface area contributed by atoms with E-state index in [0.717, 1.165) is 15.7 Å². The number of methoxy groups -OCH3 is 2. The third-order valence-corrected chi connectivity index (χ3v) is 5.22. The Hall–Kier alpha value is -2.58. The van der Waals surface area contributed by atoms with Crippen LogP contribution in [-0.4, -0.2) is 36.1 Å². The molecular weight excluding hydrogens is 442 g/mol. The van der Waals surface area contributed by atoms with Crippen molar-refractivity contribution < 1.29 is 14.3 Å². The maximum atomic E-state index is 12.2. The van der Waals surface area contributed by atoms with Crippen LogP contribution in [0.5, 0.6) is 11.5 Å². The molecule has 3 rings (SSSR count). The summed E-state index contributed by atoms with van der Waals surface area (Å²) in [7, 11) is 3.12. The van der Waals surface area contributed by atoms with Gasteiger partial charge in [-0.15, -0.1) is 10.2 Å². The second-order valence-electron chi connectivity index (χ2n) is 5.70. The van der Waals surface area contributed by atoms with Gasteiger partial charge in [0.1, 0.15) is 16.5 Å². The van der Waals surface area contributed by atoms with E-state index in [9.17, 15) is 4.79 Å². The minimum absolute atomic E-state index is 0.154. The number of carbonyl (C=O) groups is 1. The third-order valence-electron chi connectivity index (χ3n) is 3.77. The van der Waals surface area contributed by atoms with Crippen molar-refractivity contribution in [2.24, 2.45) is 0 Å². The Kier molecular flexibility index (Phi) is 6.89. The molecule has 0 fully saturated rings. The van der Waals surface area contributed by atoms with Gasteiger partial charge in [0.2, 0.25) is 5.91 Å². The Labute approximate surface area is 175 Å². The van der Waals surface area contributed by atoms with Gasteiger partial charge in [-0.3, -0.25) is 4.79 Å². The number of nitrogens with zero attached hydrogens (tertiary/aromatic N) is 2. The first-order chi connectivity index (χ1) is 13.6. The van der Waals surface area contributed by atoms with E-state index in [1.807, 2.05) is 36.4 Å². The van der Waals surface area contributed by atoms with Gasteiger partial charge in [-0.2, -0.15) is 0 Å². The van der Waals surface area contributed by atoms with Crippen molar-refractivity contribution in [3.63, 3.8) is 0 Å². The molecule has 0 aliphatic rings. The monoisotopic (exact) mass is 459 g/mol. The number of amides is 1. The highest BCUT2D eigenvalue weighted by atomic mass is 79.9. The van der Waals surface area contributed by atoms with Gasteiger partial charge in [0.15, 0.2) is 0 Å². The quantitative estimate of drug-likeness (QED) is 0.518. The molecule has 0 saturated carbocycles. The molecule has 0 spiro atoms. The largest absolute Gasteiger partial charge is 0.497 e. The zero-order chi connectivity index (χ0) is 19.9. The number of ether oxygens (including phenoxy) is 2. The normalized spacial score (nSPS) is 10.4. The third kappa shape index (κ3) is 5.46. The predicted molar refractivity (Wildman–Crippen MR) is 114 cm³/mol. The molecule has 144 valence electrons. The summed E-state index contributed by atoms with van der Waals surface area (Å²) in [5.41, 5.74) is 2.38. The Balaban J connectivity index is 1.58. The van der Waals surface area contributed by atoms with Crippen LogP contribution < -0.4 is 14.8 Å². The number of nitrogens with one attached hydrogen (secondary N) is 1. The molecule has 0 atom stereocenters. The summed E-state index contributed by atoms with van der Waals surface area (Å²) in [6, 6.07) is 16.8. The van der Waals surface area contributed by atoms with E-state index in [4.69, 9.17) is 9.47 Å². The zero-order valence-electron chi connectivity index (χ0n) is 15.3. The van der Waals surface area contributed by atoms with Gasteiger partial charge in [-0.25, -0.2) is 0 Å². The predicted octanol–water partition coefficient (Wildman–Crippen LogP) is 4.65. The molecule has 0 aliphatic heterocycles. The second kappa shape index (κ2) is 9.57. The lowest BCUT2D eigenvalue weighted by atomic mass is 10.1. The maximum absolute atomic E-state index is 12.2. The fourth-order valence-corrected chi connectivity index (χ4v) is 3.27. The number of anilines is 1. The number of hydrogen-bond donors (Lipinski definition) is 1. The number of carbonyl (C=O) groups excluding carboxylic acids is 1. The summed E-state index contributed by atoms with van der Waals surface area (Å²) >= 11 is 4.73. The van der Waals surface area contributed by atoms with Crippen molar-refractivity contribution in [3.05, 3.63) is 59.1 Å². The second-order valence-corrected chi connectivity index (χ2v) is 7.61. The van der Waals surface area contributed by atoms with Gasteiger partial charge in [0.05, 0.1) is 25.7 Å². The lowest BCUT2D eigenvalue weighted by Gasteiger charge is -2.09. The van der Waals surface area contributed by atoms with Gasteiger partial charge in [-0.1, -0.05) is 39.8 Å². The molecule has 0 aliphatic carbocycles. The van der Waals surface area contributed by atoms with Gasteiger partial charge in [0.25, 0.3) is 0 Å². The Morgan fingerprint density at radius 1 is 1.00 bits per heavy atom. The Morgan fingerprint density at radius 3 is 2.25 bits per heavy atom. The van der Waals surface area contributed by atoms with Gasteiger partial charge < -0.3 is 14.8 Å². The van der Waals surface area contributed by atoms with E-state index in [1.165, 1.54) is 11.8 Å². The summed E-state index contributed by atoms with van der Waals surface area (Å²) in [4.78, 5) is 12.2. The van der Waals surface area contributed by atoms with Crippen LogP contribution in [-0.2, 0) is 4.79 Å². The van der Waals surface area contributed by atoms with Crippen LogP contribution in [0.2, 0.25) is 0 Å². The molecule has 1 N–H and O–H groups in total. The van der Waals surface area contributed by atoms with E-state index in [2.05, 4.69) is 31.4 Å². The number of rotatable bonds is 7. The summed E-state index contributed by atoms with van der Waals surface area (Å²) in [5.74, 6) is 1.28. The first kappa shape index (κ1) is 20.2. The van der Waals surface area contributed by atoms with Crippen LogP contribution in [0.15, 0.2) is 64.1 Å². The number of hydrogen-bond acceptors (Lipinski definition) is 6. The molecule has 6 nitrogen and oxygen atoms in total. The average Bonchev–Trinajstić information content (AvgIpc) is 2.73. The molecule has 2 aromatic carbocycles.